The van der Waals surface area contributed by atoms with Crippen LogP contribution in [0.1, 0.15) is 18.5 Å². The average molecular weight is 362 g/mol. The quantitative estimate of drug-likeness (QED) is 0.759. The Morgan fingerprint density at radius 1 is 1.15 bits per heavy atom. The number of piperidine rings is 1. The molecule has 7 heteroatoms. The summed E-state index contributed by atoms with van der Waals surface area (Å²) in [6.45, 7) is 1.96. The standard InChI is InChI=1S/C20H22N6O/c1-26-6-4-13(5-7-26)19(27)9-16-8-18-14(10-22-16)2-3-17(25-18)15-11-23-20(21)24-12-15/h2-3,8,10-13H,4-7,9H2,1H3,(H2,21,23,24). The second kappa shape index (κ2) is 7.36. The summed E-state index contributed by atoms with van der Waals surface area (Å²) in [7, 11) is 2.10. The van der Waals surface area contributed by atoms with Gasteiger partial charge in [-0.05, 0) is 51.2 Å². The van der Waals surface area contributed by atoms with E-state index in [0.717, 1.165) is 53.8 Å². The molecule has 3 aromatic heterocycles. The smallest absolute Gasteiger partial charge is 0.219 e. The Kier molecular flexibility index (Phi) is 4.77. The molecular weight excluding hydrogens is 340 g/mol. The number of nitrogen functional groups attached to an aromatic ring is 1. The van der Waals surface area contributed by atoms with Crippen molar-refractivity contribution in [2.45, 2.75) is 19.3 Å². The molecule has 0 bridgehead atoms. The van der Waals surface area contributed by atoms with Crippen LogP contribution in [0.5, 0.6) is 0 Å². The van der Waals surface area contributed by atoms with Crippen molar-refractivity contribution in [3.8, 4) is 11.3 Å². The largest absolute Gasteiger partial charge is 0.368 e. The maximum atomic E-state index is 12.6. The first-order valence-electron chi connectivity index (χ1n) is 9.13. The molecule has 7 nitrogen and oxygen atoms in total. The van der Waals surface area contributed by atoms with Crippen molar-refractivity contribution < 1.29 is 4.79 Å². The van der Waals surface area contributed by atoms with Gasteiger partial charge >= 0.3 is 0 Å². The van der Waals surface area contributed by atoms with Gasteiger partial charge in [0.1, 0.15) is 5.78 Å². The summed E-state index contributed by atoms with van der Waals surface area (Å²) in [5.74, 6) is 0.654. The number of aromatic nitrogens is 4. The maximum Gasteiger partial charge on any atom is 0.219 e. The molecule has 1 fully saturated rings. The molecule has 4 heterocycles. The van der Waals surface area contributed by atoms with Crippen molar-refractivity contribution in [1.29, 1.82) is 0 Å². The van der Waals surface area contributed by atoms with Gasteiger partial charge in [0, 0.05) is 47.6 Å². The summed E-state index contributed by atoms with van der Waals surface area (Å²) in [4.78, 5) is 32.1. The molecule has 138 valence electrons. The van der Waals surface area contributed by atoms with E-state index in [1.54, 1.807) is 18.6 Å². The van der Waals surface area contributed by atoms with Gasteiger partial charge in [0.2, 0.25) is 5.95 Å². The van der Waals surface area contributed by atoms with Crippen LogP contribution in [-0.2, 0) is 11.2 Å². The van der Waals surface area contributed by atoms with Crippen LogP contribution < -0.4 is 5.73 Å². The van der Waals surface area contributed by atoms with Crippen LogP contribution in [0.2, 0.25) is 0 Å². The van der Waals surface area contributed by atoms with Gasteiger partial charge in [-0.1, -0.05) is 0 Å². The molecule has 4 rings (SSSR count). The van der Waals surface area contributed by atoms with Gasteiger partial charge < -0.3 is 10.6 Å². The number of nitrogens with two attached hydrogens (primary N) is 1. The Bertz CT molecular complexity index is 964. The second-order valence-corrected chi connectivity index (χ2v) is 7.12. The van der Waals surface area contributed by atoms with Crippen LogP contribution in [-0.4, -0.2) is 50.8 Å². The number of Topliss-reactive ketones (excluding diaryl/α,β-unsaturated/α-hetero) is 1. The second-order valence-electron chi connectivity index (χ2n) is 7.12. The lowest BCUT2D eigenvalue weighted by Crippen LogP contribution is -2.34. The van der Waals surface area contributed by atoms with E-state index in [0.29, 0.717) is 6.42 Å². The van der Waals surface area contributed by atoms with E-state index in [9.17, 15) is 4.79 Å². The molecule has 1 saturated heterocycles. The monoisotopic (exact) mass is 362 g/mol. The van der Waals surface area contributed by atoms with Gasteiger partial charge in [-0.2, -0.15) is 0 Å². The lowest BCUT2D eigenvalue weighted by Gasteiger charge is -2.27. The van der Waals surface area contributed by atoms with Crippen molar-refractivity contribution >= 4 is 22.6 Å². The maximum absolute atomic E-state index is 12.6. The number of fused-ring (bicyclic) bond motifs is 1. The fraction of sp³-hybridized carbons (Fsp3) is 0.350. The molecule has 0 atom stereocenters. The predicted octanol–water partition coefficient (Wildman–Crippen LogP) is 2.12. The number of carbonyl (C=O) groups is 1. The minimum absolute atomic E-state index is 0.143. The molecule has 27 heavy (non-hydrogen) atoms. The van der Waals surface area contributed by atoms with E-state index in [4.69, 9.17) is 5.73 Å². The van der Waals surface area contributed by atoms with E-state index >= 15 is 0 Å². The van der Waals surface area contributed by atoms with Gasteiger partial charge in [0.15, 0.2) is 0 Å². The Morgan fingerprint density at radius 3 is 2.63 bits per heavy atom. The highest BCUT2D eigenvalue weighted by Gasteiger charge is 2.23. The summed E-state index contributed by atoms with van der Waals surface area (Å²) < 4.78 is 0. The van der Waals surface area contributed by atoms with Gasteiger partial charge in [-0.3, -0.25) is 9.78 Å². The van der Waals surface area contributed by atoms with Crippen molar-refractivity contribution in [2.75, 3.05) is 25.9 Å². The van der Waals surface area contributed by atoms with Crippen LogP contribution in [0.3, 0.4) is 0 Å². The molecule has 0 spiro atoms. The number of rotatable bonds is 4. The third-order valence-corrected chi connectivity index (χ3v) is 5.13. The fourth-order valence-corrected chi connectivity index (χ4v) is 3.44. The Labute approximate surface area is 157 Å². The summed E-state index contributed by atoms with van der Waals surface area (Å²) in [5, 5.41) is 0.936. The summed E-state index contributed by atoms with van der Waals surface area (Å²) in [6.07, 6.45) is 7.32. The molecule has 1 aliphatic rings. The Balaban J connectivity index is 1.55. The number of nitrogens with zero attached hydrogens (tertiary/aromatic N) is 5. The summed E-state index contributed by atoms with van der Waals surface area (Å²) in [5.41, 5.74) is 8.69. The lowest BCUT2D eigenvalue weighted by molar-refractivity contribution is -0.123. The van der Waals surface area contributed by atoms with E-state index in [1.165, 1.54) is 0 Å². The highest BCUT2D eigenvalue weighted by molar-refractivity contribution is 5.85. The molecular formula is C20H22N6O. The van der Waals surface area contributed by atoms with Crippen LogP contribution in [0.25, 0.3) is 22.2 Å². The zero-order chi connectivity index (χ0) is 18.8. The lowest BCUT2D eigenvalue weighted by atomic mass is 9.90. The van der Waals surface area contributed by atoms with Crippen LogP contribution in [0.15, 0.2) is 36.8 Å². The fourth-order valence-electron chi connectivity index (χ4n) is 3.44. The summed E-state index contributed by atoms with van der Waals surface area (Å²) >= 11 is 0. The highest BCUT2D eigenvalue weighted by atomic mass is 16.1. The van der Waals surface area contributed by atoms with Crippen molar-refractivity contribution in [3.63, 3.8) is 0 Å². The van der Waals surface area contributed by atoms with Crippen molar-refractivity contribution in [3.05, 3.63) is 42.5 Å². The number of carbonyl (C=O) groups excluding carboxylic acids is 1. The highest BCUT2D eigenvalue weighted by Crippen LogP contribution is 2.22. The zero-order valence-corrected chi connectivity index (χ0v) is 15.3. The number of anilines is 1. The normalized spacial score (nSPS) is 15.9. The number of hydrogen-bond donors (Lipinski definition) is 1. The van der Waals surface area contributed by atoms with Crippen molar-refractivity contribution in [2.24, 2.45) is 5.92 Å². The number of pyridine rings is 2. The molecule has 1 aliphatic heterocycles. The van der Waals surface area contributed by atoms with Gasteiger partial charge in [-0.25, -0.2) is 15.0 Å². The predicted molar refractivity (Wildman–Crippen MR) is 104 cm³/mol. The third kappa shape index (κ3) is 3.93. The van der Waals surface area contributed by atoms with Crippen molar-refractivity contribution in [1.82, 2.24) is 24.8 Å². The Hall–Kier alpha value is -2.93. The molecule has 0 amide bonds. The molecule has 0 radical (unpaired) electrons. The van der Waals surface area contributed by atoms with Gasteiger partial charge in [0.25, 0.3) is 0 Å². The molecule has 0 aliphatic carbocycles. The molecule has 2 N–H and O–H groups in total. The third-order valence-electron chi connectivity index (χ3n) is 5.13. The average Bonchev–Trinajstić information content (AvgIpc) is 2.68. The summed E-state index contributed by atoms with van der Waals surface area (Å²) in [6, 6.07) is 5.77. The first-order chi connectivity index (χ1) is 13.1. The van der Waals surface area contributed by atoms with E-state index in [2.05, 4.69) is 31.9 Å². The molecule has 0 saturated carbocycles. The number of hydrogen-bond acceptors (Lipinski definition) is 7. The van der Waals surface area contributed by atoms with Gasteiger partial charge in [-0.15, -0.1) is 0 Å². The van der Waals surface area contributed by atoms with E-state index < -0.39 is 0 Å². The molecule has 0 aromatic carbocycles. The Morgan fingerprint density at radius 2 is 1.89 bits per heavy atom. The van der Waals surface area contributed by atoms with Crippen LogP contribution in [0.4, 0.5) is 5.95 Å². The number of ketones is 1. The first kappa shape index (κ1) is 17.5. The topological polar surface area (TPSA) is 97.9 Å². The minimum Gasteiger partial charge on any atom is -0.368 e. The SMILES string of the molecule is CN1CCC(C(=O)Cc2cc3nc(-c4cnc(N)nc4)ccc3cn2)CC1. The van der Waals surface area contributed by atoms with Gasteiger partial charge in [0.05, 0.1) is 11.2 Å². The van der Waals surface area contributed by atoms with E-state index in [1.807, 2.05) is 18.2 Å². The number of likely N-dealkylation sites (tertiary alicyclic amines) is 1. The van der Waals surface area contributed by atoms with Crippen LogP contribution in [0, 0.1) is 5.92 Å². The minimum atomic E-state index is 0.143. The zero-order valence-electron chi connectivity index (χ0n) is 15.3. The van der Waals surface area contributed by atoms with E-state index in [-0.39, 0.29) is 17.6 Å². The molecule has 3 aromatic rings. The van der Waals surface area contributed by atoms with Crippen LogP contribution >= 0.6 is 0 Å². The first-order valence-corrected chi connectivity index (χ1v) is 9.13. The molecule has 0 unspecified atom stereocenters.